The molecule has 0 spiro atoms. The smallest absolute Gasteiger partial charge is 0.214 e. The summed E-state index contributed by atoms with van der Waals surface area (Å²) in [5, 5.41) is 2.36. The summed E-state index contributed by atoms with van der Waals surface area (Å²) in [7, 11) is 0. The molecule has 2 aliphatic heterocycles. The van der Waals surface area contributed by atoms with Crippen molar-refractivity contribution in [1.82, 2.24) is 4.90 Å². The Bertz CT molecular complexity index is 681. The number of fused-ring (bicyclic) bond motifs is 2. The van der Waals surface area contributed by atoms with E-state index in [-0.39, 0.29) is 5.54 Å². The maximum atomic E-state index is 11.8. The number of nitrogens with zero attached hydrogens (tertiary/aromatic N) is 2. The number of benzene rings is 2. The van der Waals surface area contributed by atoms with Crippen molar-refractivity contribution in [3.05, 3.63) is 42.5 Å². The molecule has 0 bridgehead atoms. The van der Waals surface area contributed by atoms with Crippen molar-refractivity contribution in [3.63, 3.8) is 0 Å². The molecule has 0 radical (unpaired) electrons. The molecule has 0 atom stereocenters. The highest BCUT2D eigenvalue weighted by atomic mass is 16.1. The zero-order valence-corrected chi connectivity index (χ0v) is 12.9. The molecule has 0 N–H and O–H groups in total. The van der Waals surface area contributed by atoms with Gasteiger partial charge in [0, 0.05) is 17.5 Å². The van der Waals surface area contributed by atoms with Crippen LogP contribution in [-0.4, -0.2) is 36.5 Å². The Morgan fingerprint density at radius 3 is 2.55 bits per heavy atom. The normalized spacial score (nSPS) is 20.2. The first-order valence-electron chi connectivity index (χ1n) is 8.27. The molecule has 1 amide bonds. The summed E-state index contributed by atoms with van der Waals surface area (Å²) in [4.78, 5) is 16.4. The molecule has 0 aromatic heterocycles. The molecule has 4 rings (SSSR count). The number of carbonyl (C=O) groups excluding carboxylic acids is 1. The van der Waals surface area contributed by atoms with Crippen molar-refractivity contribution in [2.24, 2.45) is 0 Å². The summed E-state index contributed by atoms with van der Waals surface area (Å²) in [6, 6.07) is 14.5. The second-order valence-electron chi connectivity index (χ2n) is 6.65. The highest BCUT2D eigenvalue weighted by molar-refractivity contribution is 5.98. The van der Waals surface area contributed by atoms with Crippen LogP contribution in [-0.2, 0) is 4.79 Å². The fraction of sp³-hybridized carbons (Fsp3) is 0.421. The topological polar surface area (TPSA) is 23.6 Å². The molecule has 114 valence electrons. The van der Waals surface area contributed by atoms with Gasteiger partial charge in [-0.2, -0.15) is 0 Å². The van der Waals surface area contributed by atoms with Crippen LogP contribution in [0, 0.1) is 0 Å². The predicted octanol–water partition coefficient (Wildman–Crippen LogP) is 3.43. The molecule has 2 saturated heterocycles. The maximum Gasteiger partial charge on any atom is 0.214 e. The number of amides is 1. The average molecular weight is 294 g/mol. The molecular formula is C19H22N2O. The van der Waals surface area contributed by atoms with E-state index in [1.54, 1.807) is 0 Å². The second kappa shape index (κ2) is 5.40. The highest BCUT2D eigenvalue weighted by Gasteiger charge is 2.45. The molecule has 2 heterocycles. The van der Waals surface area contributed by atoms with E-state index in [1.165, 1.54) is 44.2 Å². The van der Waals surface area contributed by atoms with Crippen LogP contribution in [0.1, 0.15) is 25.7 Å². The van der Waals surface area contributed by atoms with E-state index < -0.39 is 0 Å². The molecule has 0 aliphatic carbocycles. The predicted molar refractivity (Wildman–Crippen MR) is 90.1 cm³/mol. The fourth-order valence-corrected chi connectivity index (χ4v) is 4.44. The summed E-state index contributed by atoms with van der Waals surface area (Å²) in [6.07, 6.45) is 6.00. The van der Waals surface area contributed by atoms with E-state index in [9.17, 15) is 4.79 Å². The zero-order chi connectivity index (χ0) is 15.0. The van der Waals surface area contributed by atoms with Crippen LogP contribution >= 0.6 is 0 Å². The zero-order valence-electron chi connectivity index (χ0n) is 12.9. The van der Waals surface area contributed by atoms with E-state index in [1.807, 2.05) is 23.1 Å². The highest BCUT2D eigenvalue weighted by Crippen LogP contribution is 2.40. The lowest BCUT2D eigenvalue weighted by Crippen LogP contribution is -2.48. The van der Waals surface area contributed by atoms with Gasteiger partial charge in [0.25, 0.3) is 0 Å². The van der Waals surface area contributed by atoms with Gasteiger partial charge in [-0.1, -0.05) is 36.4 Å². The van der Waals surface area contributed by atoms with Crippen molar-refractivity contribution in [3.8, 4) is 0 Å². The number of anilines is 1. The molecule has 22 heavy (non-hydrogen) atoms. The quantitative estimate of drug-likeness (QED) is 0.807. The molecule has 2 fully saturated rings. The Balaban J connectivity index is 1.71. The van der Waals surface area contributed by atoms with Crippen LogP contribution in [0.2, 0.25) is 0 Å². The van der Waals surface area contributed by atoms with Crippen LogP contribution in [0.15, 0.2) is 42.5 Å². The number of carbonyl (C=O) groups is 1. The first-order chi connectivity index (χ1) is 10.8. The Kier molecular flexibility index (Phi) is 3.38. The molecule has 0 unspecified atom stereocenters. The Labute approximate surface area is 131 Å². The average Bonchev–Trinajstić information content (AvgIpc) is 3.12. The number of rotatable bonds is 4. The third kappa shape index (κ3) is 2.12. The molecule has 0 saturated carbocycles. The monoisotopic (exact) mass is 294 g/mol. The van der Waals surface area contributed by atoms with Gasteiger partial charge in [-0.05, 0) is 50.2 Å². The third-order valence-electron chi connectivity index (χ3n) is 5.48. The van der Waals surface area contributed by atoms with Gasteiger partial charge < -0.3 is 4.90 Å². The SMILES string of the molecule is O=CN(CC12CCCN1CCC2)c1cccc2ccccc12. The second-order valence-corrected chi connectivity index (χ2v) is 6.65. The standard InChI is InChI=1S/C19H22N2O/c22-15-20(14-19-10-4-12-21(19)13-5-11-19)18-9-3-7-16-6-1-2-8-17(16)18/h1-3,6-9,15H,4-5,10-14H2. The number of hydrogen-bond donors (Lipinski definition) is 0. The minimum Gasteiger partial charge on any atom is -0.313 e. The van der Waals surface area contributed by atoms with Crippen LogP contribution < -0.4 is 4.90 Å². The van der Waals surface area contributed by atoms with Crippen LogP contribution in [0.5, 0.6) is 0 Å². The van der Waals surface area contributed by atoms with Crippen molar-refractivity contribution >= 4 is 22.9 Å². The third-order valence-corrected chi connectivity index (χ3v) is 5.48. The van der Waals surface area contributed by atoms with E-state index in [4.69, 9.17) is 0 Å². The van der Waals surface area contributed by atoms with E-state index in [0.717, 1.165) is 24.0 Å². The van der Waals surface area contributed by atoms with Crippen molar-refractivity contribution in [1.29, 1.82) is 0 Å². The molecule has 2 aliphatic rings. The molecule has 2 aromatic carbocycles. The molecule has 3 heteroatoms. The largest absolute Gasteiger partial charge is 0.313 e. The lowest BCUT2D eigenvalue weighted by atomic mass is 9.93. The lowest BCUT2D eigenvalue weighted by Gasteiger charge is -2.36. The summed E-state index contributed by atoms with van der Waals surface area (Å²) in [5.74, 6) is 0. The first kappa shape index (κ1) is 13.8. The summed E-state index contributed by atoms with van der Waals surface area (Å²) >= 11 is 0. The van der Waals surface area contributed by atoms with Gasteiger partial charge in [-0.15, -0.1) is 0 Å². The summed E-state index contributed by atoms with van der Waals surface area (Å²) in [6.45, 7) is 3.22. The molecular weight excluding hydrogens is 272 g/mol. The minimum atomic E-state index is 0.220. The summed E-state index contributed by atoms with van der Waals surface area (Å²) < 4.78 is 0. The molecule has 3 nitrogen and oxygen atoms in total. The lowest BCUT2D eigenvalue weighted by molar-refractivity contribution is -0.107. The van der Waals surface area contributed by atoms with Crippen LogP contribution in [0.25, 0.3) is 10.8 Å². The Hall–Kier alpha value is -1.87. The Morgan fingerprint density at radius 1 is 1.05 bits per heavy atom. The van der Waals surface area contributed by atoms with Crippen molar-refractivity contribution < 1.29 is 4.79 Å². The van der Waals surface area contributed by atoms with E-state index in [0.29, 0.717) is 0 Å². The van der Waals surface area contributed by atoms with E-state index >= 15 is 0 Å². The van der Waals surface area contributed by atoms with Crippen molar-refractivity contribution in [2.45, 2.75) is 31.2 Å². The van der Waals surface area contributed by atoms with Gasteiger partial charge in [0.05, 0.1) is 5.69 Å². The van der Waals surface area contributed by atoms with Crippen molar-refractivity contribution in [2.75, 3.05) is 24.5 Å². The number of hydrogen-bond acceptors (Lipinski definition) is 2. The first-order valence-corrected chi connectivity index (χ1v) is 8.27. The van der Waals surface area contributed by atoms with Gasteiger partial charge in [0.1, 0.15) is 0 Å². The van der Waals surface area contributed by atoms with Gasteiger partial charge in [-0.25, -0.2) is 0 Å². The van der Waals surface area contributed by atoms with Crippen LogP contribution in [0.4, 0.5) is 5.69 Å². The molecule has 2 aromatic rings. The van der Waals surface area contributed by atoms with E-state index in [2.05, 4.69) is 29.2 Å². The van der Waals surface area contributed by atoms with Gasteiger partial charge in [-0.3, -0.25) is 9.69 Å². The Morgan fingerprint density at radius 2 is 1.77 bits per heavy atom. The maximum absolute atomic E-state index is 11.8. The fourth-order valence-electron chi connectivity index (χ4n) is 4.44. The van der Waals surface area contributed by atoms with Gasteiger partial charge in [0.2, 0.25) is 6.41 Å². The van der Waals surface area contributed by atoms with Gasteiger partial charge in [0.15, 0.2) is 0 Å². The van der Waals surface area contributed by atoms with Crippen LogP contribution in [0.3, 0.4) is 0 Å². The minimum absolute atomic E-state index is 0.220. The summed E-state index contributed by atoms with van der Waals surface area (Å²) in [5.41, 5.74) is 1.26. The van der Waals surface area contributed by atoms with Gasteiger partial charge >= 0.3 is 0 Å².